The lowest BCUT2D eigenvalue weighted by molar-refractivity contribution is 0.0570. The minimum Gasteiger partial charge on any atom is -0.395 e. The average molecular weight is 168 g/mol. The van der Waals surface area contributed by atoms with Gasteiger partial charge in [0, 0.05) is 0 Å². The second-order valence-corrected chi connectivity index (χ2v) is 1.97. The van der Waals surface area contributed by atoms with E-state index >= 15 is 0 Å². The van der Waals surface area contributed by atoms with Crippen LogP contribution in [0.15, 0.2) is 6.20 Å². The maximum absolute atomic E-state index is 11.8. The molecule has 3 nitrogen and oxygen atoms in total. The normalized spacial score (nSPS) is 10.8. The van der Waals surface area contributed by atoms with Gasteiger partial charge >= 0.3 is 6.55 Å². The molecule has 1 aromatic rings. The Hall–Kier alpha value is -0.840. The fourth-order valence-corrected chi connectivity index (χ4v) is 0.663. The number of nitrogens with zero attached hydrogens (tertiary/aromatic N) is 2. The third kappa shape index (κ3) is 1.04. The van der Waals surface area contributed by atoms with Gasteiger partial charge in [-0.05, 0) is 0 Å². The zero-order valence-corrected chi connectivity index (χ0v) is 5.52. The lowest BCUT2D eigenvalue weighted by atomic mass is 10.6. The summed E-state index contributed by atoms with van der Waals surface area (Å²) in [6.45, 7) is -2.73. The van der Waals surface area contributed by atoms with E-state index in [0.29, 0.717) is 4.68 Å². The van der Waals surface area contributed by atoms with Crippen LogP contribution in [-0.4, -0.2) is 9.78 Å². The van der Waals surface area contributed by atoms with Gasteiger partial charge in [0.05, 0.1) is 11.9 Å². The highest BCUT2D eigenvalue weighted by Gasteiger charge is 2.12. The Balaban J connectivity index is 3.05. The summed E-state index contributed by atoms with van der Waals surface area (Å²) in [6.07, 6.45) is 1.08. The van der Waals surface area contributed by atoms with Crippen molar-refractivity contribution in [1.82, 2.24) is 9.78 Å². The Morgan fingerprint density at radius 2 is 2.30 bits per heavy atom. The summed E-state index contributed by atoms with van der Waals surface area (Å²) in [4.78, 5) is 0. The van der Waals surface area contributed by atoms with Gasteiger partial charge in [-0.25, -0.2) is 0 Å². The summed E-state index contributed by atoms with van der Waals surface area (Å²) in [5.74, 6) is 0. The standard InChI is InChI=1S/C4H4ClF2N3/c5-3-2(8)1-9-10(3)4(6)7/h1,4H,8H2. The average Bonchev–Trinajstić information content (AvgIpc) is 2.14. The first kappa shape index (κ1) is 7.27. The number of halogens is 3. The molecule has 1 heterocycles. The summed E-state index contributed by atoms with van der Waals surface area (Å²) < 4.78 is 23.9. The fourth-order valence-electron chi connectivity index (χ4n) is 0.497. The predicted octanol–water partition coefficient (Wildman–Crippen LogP) is 1.51. The zero-order chi connectivity index (χ0) is 7.72. The van der Waals surface area contributed by atoms with Gasteiger partial charge in [-0.15, -0.1) is 0 Å². The van der Waals surface area contributed by atoms with Crippen molar-refractivity contribution >= 4 is 17.3 Å². The summed E-state index contributed by atoms with van der Waals surface area (Å²) >= 11 is 5.30. The molecule has 0 saturated heterocycles. The zero-order valence-electron chi connectivity index (χ0n) is 4.76. The number of nitrogen functional groups attached to an aromatic ring is 1. The van der Waals surface area contributed by atoms with Crippen LogP contribution < -0.4 is 5.73 Å². The van der Waals surface area contributed by atoms with Crippen molar-refractivity contribution in [3.8, 4) is 0 Å². The molecule has 0 bridgehead atoms. The summed E-state index contributed by atoms with van der Waals surface area (Å²) in [7, 11) is 0. The lowest BCUT2D eigenvalue weighted by Crippen LogP contribution is -1.99. The van der Waals surface area contributed by atoms with E-state index < -0.39 is 6.55 Å². The van der Waals surface area contributed by atoms with Crippen LogP contribution >= 0.6 is 11.6 Å². The molecule has 0 aliphatic heterocycles. The van der Waals surface area contributed by atoms with Gasteiger partial charge in [0.2, 0.25) is 0 Å². The largest absolute Gasteiger partial charge is 0.395 e. The lowest BCUT2D eigenvalue weighted by Gasteiger charge is -1.98. The van der Waals surface area contributed by atoms with Gasteiger partial charge in [-0.2, -0.15) is 18.6 Å². The van der Waals surface area contributed by atoms with Gasteiger partial charge in [0.25, 0.3) is 0 Å². The van der Waals surface area contributed by atoms with E-state index in [1.165, 1.54) is 0 Å². The first-order chi connectivity index (χ1) is 4.63. The third-order valence-electron chi connectivity index (χ3n) is 0.945. The van der Waals surface area contributed by atoms with Crippen LogP contribution in [0.2, 0.25) is 5.15 Å². The van der Waals surface area contributed by atoms with Crippen molar-refractivity contribution in [2.75, 3.05) is 5.73 Å². The molecular weight excluding hydrogens is 164 g/mol. The van der Waals surface area contributed by atoms with Crippen molar-refractivity contribution in [2.45, 2.75) is 6.55 Å². The Morgan fingerprint density at radius 1 is 1.70 bits per heavy atom. The molecule has 0 amide bonds. The van der Waals surface area contributed by atoms with E-state index in [-0.39, 0.29) is 10.8 Å². The quantitative estimate of drug-likeness (QED) is 0.689. The van der Waals surface area contributed by atoms with E-state index in [1.54, 1.807) is 0 Å². The highest BCUT2D eigenvalue weighted by Crippen LogP contribution is 2.22. The number of nitrogens with two attached hydrogens (primary N) is 1. The van der Waals surface area contributed by atoms with Gasteiger partial charge in [0.15, 0.2) is 5.15 Å². The van der Waals surface area contributed by atoms with Crippen molar-refractivity contribution < 1.29 is 8.78 Å². The molecule has 0 aromatic carbocycles. The Labute approximate surface area is 60.4 Å². The molecule has 0 atom stereocenters. The van der Waals surface area contributed by atoms with Crippen molar-refractivity contribution in [3.63, 3.8) is 0 Å². The Kier molecular flexibility index (Phi) is 1.76. The van der Waals surface area contributed by atoms with E-state index in [2.05, 4.69) is 5.10 Å². The molecule has 0 radical (unpaired) electrons. The molecule has 10 heavy (non-hydrogen) atoms. The van der Waals surface area contributed by atoms with Crippen molar-refractivity contribution in [1.29, 1.82) is 0 Å². The molecule has 0 saturated carbocycles. The predicted molar refractivity (Wildman–Crippen MR) is 32.9 cm³/mol. The number of aromatic nitrogens is 2. The number of rotatable bonds is 1. The highest BCUT2D eigenvalue weighted by molar-refractivity contribution is 6.32. The molecule has 0 aliphatic rings. The van der Waals surface area contributed by atoms with Gasteiger partial charge < -0.3 is 5.73 Å². The van der Waals surface area contributed by atoms with Crippen LogP contribution in [0.3, 0.4) is 0 Å². The monoisotopic (exact) mass is 167 g/mol. The molecule has 1 rings (SSSR count). The minimum absolute atomic E-state index is 0.0574. The third-order valence-corrected chi connectivity index (χ3v) is 1.34. The summed E-state index contributed by atoms with van der Waals surface area (Å²) in [6, 6.07) is 0. The van der Waals surface area contributed by atoms with Crippen LogP contribution in [0.5, 0.6) is 0 Å². The number of hydrogen-bond donors (Lipinski definition) is 1. The maximum Gasteiger partial charge on any atom is 0.334 e. The van der Waals surface area contributed by atoms with Crippen LogP contribution in [0, 0.1) is 0 Å². The fraction of sp³-hybridized carbons (Fsp3) is 0.250. The maximum atomic E-state index is 11.8. The molecule has 0 aliphatic carbocycles. The molecule has 56 valence electrons. The van der Waals surface area contributed by atoms with E-state index in [9.17, 15) is 8.78 Å². The van der Waals surface area contributed by atoms with Crippen molar-refractivity contribution in [2.24, 2.45) is 0 Å². The van der Waals surface area contributed by atoms with Crippen LogP contribution in [0.4, 0.5) is 14.5 Å². The molecule has 6 heteroatoms. The van der Waals surface area contributed by atoms with E-state index in [0.717, 1.165) is 6.20 Å². The first-order valence-electron chi connectivity index (χ1n) is 2.39. The SMILES string of the molecule is Nc1cnn(C(F)F)c1Cl. The molecule has 1 aromatic heterocycles. The van der Waals surface area contributed by atoms with Crippen molar-refractivity contribution in [3.05, 3.63) is 11.3 Å². The number of hydrogen-bond acceptors (Lipinski definition) is 2. The van der Waals surface area contributed by atoms with E-state index in [4.69, 9.17) is 17.3 Å². The summed E-state index contributed by atoms with van der Waals surface area (Å²) in [5, 5.41) is 3.00. The molecule has 0 fully saturated rings. The molecular formula is C4H4ClF2N3. The van der Waals surface area contributed by atoms with Gasteiger partial charge in [-0.1, -0.05) is 11.6 Å². The van der Waals surface area contributed by atoms with Gasteiger partial charge in [-0.3, -0.25) is 0 Å². The second-order valence-electron chi connectivity index (χ2n) is 1.61. The minimum atomic E-state index is -2.73. The molecule has 0 unspecified atom stereocenters. The topological polar surface area (TPSA) is 43.8 Å². The van der Waals surface area contributed by atoms with Crippen LogP contribution in [0.25, 0.3) is 0 Å². The van der Waals surface area contributed by atoms with E-state index in [1.807, 2.05) is 0 Å². The first-order valence-corrected chi connectivity index (χ1v) is 2.77. The molecule has 2 N–H and O–H groups in total. The highest BCUT2D eigenvalue weighted by atomic mass is 35.5. The Morgan fingerprint density at radius 3 is 2.50 bits per heavy atom. The smallest absolute Gasteiger partial charge is 0.334 e. The Bertz CT molecular complexity index is 234. The second kappa shape index (κ2) is 2.42. The molecule has 0 spiro atoms. The number of alkyl halides is 2. The van der Waals surface area contributed by atoms with Crippen LogP contribution in [-0.2, 0) is 0 Å². The summed E-state index contributed by atoms with van der Waals surface area (Å²) in [5.41, 5.74) is 5.19. The number of anilines is 1. The van der Waals surface area contributed by atoms with Crippen LogP contribution in [0.1, 0.15) is 6.55 Å². The van der Waals surface area contributed by atoms with Gasteiger partial charge in [0.1, 0.15) is 0 Å².